The molecule has 1 aromatic carbocycles. The van der Waals surface area contributed by atoms with E-state index in [1.807, 2.05) is 31.1 Å². The molecule has 0 fully saturated rings. The van der Waals surface area contributed by atoms with Crippen molar-refractivity contribution >= 4 is 40.7 Å². The quantitative estimate of drug-likeness (QED) is 0.298. The molecule has 0 radical (unpaired) electrons. The number of carbonyl (C=O) groups is 1. The smallest absolute Gasteiger partial charge is 0.167 e. The molecule has 2 nitrogen and oxygen atoms in total. The highest BCUT2D eigenvalue weighted by molar-refractivity contribution is 7.99. The molecule has 0 saturated carbocycles. The van der Waals surface area contributed by atoms with Gasteiger partial charge in [0, 0.05) is 17.9 Å². The van der Waals surface area contributed by atoms with E-state index in [4.69, 9.17) is 23.2 Å². The Kier molecular flexibility index (Phi) is 9.49. The van der Waals surface area contributed by atoms with Gasteiger partial charge < -0.3 is 4.90 Å². The van der Waals surface area contributed by atoms with Crippen LogP contribution in [0, 0.1) is 0 Å². The maximum atomic E-state index is 12.2. The van der Waals surface area contributed by atoms with E-state index in [2.05, 4.69) is 6.92 Å². The number of rotatable bonds is 10. The van der Waals surface area contributed by atoms with Gasteiger partial charge >= 0.3 is 0 Å². The Morgan fingerprint density at radius 1 is 1.14 bits per heavy atom. The first-order chi connectivity index (χ1) is 10.5. The molecule has 0 bridgehead atoms. The second-order valence-corrected chi connectivity index (χ2v) is 7.63. The summed E-state index contributed by atoms with van der Waals surface area (Å²) in [5.41, 5.74) is 0.459. The Bertz CT molecular complexity index is 469. The Labute approximate surface area is 148 Å². The molecule has 1 aromatic rings. The van der Waals surface area contributed by atoms with Crippen molar-refractivity contribution in [3.63, 3.8) is 0 Å². The van der Waals surface area contributed by atoms with Crippen LogP contribution in [0.2, 0.25) is 10.0 Å². The number of nitrogens with zero attached hydrogens (tertiary/aromatic N) is 1. The van der Waals surface area contributed by atoms with Gasteiger partial charge in [0.2, 0.25) is 0 Å². The summed E-state index contributed by atoms with van der Waals surface area (Å²) in [6, 6.07) is 3.72. The summed E-state index contributed by atoms with van der Waals surface area (Å²) in [7, 11) is 3.88. The van der Waals surface area contributed by atoms with Crippen LogP contribution in [-0.4, -0.2) is 37.1 Å². The van der Waals surface area contributed by atoms with Gasteiger partial charge in [-0.15, -0.1) is 11.8 Å². The van der Waals surface area contributed by atoms with Crippen molar-refractivity contribution in [2.45, 2.75) is 43.9 Å². The maximum Gasteiger partial charge on any atom is 0.167 e. The van der Waals surface area contributed by atoms with E-state index in [0.29, 0.717) is 28.6 Å². The molecule has 0 aliphatic heterocycles. The largest absolute Gasteiger partial charge is 0.309 e. The van der Waals surface area contributed by atoms with Gasteiger partial charge in [-0.05, 0) is 38.4 Å². The second kappa shape index (κ2) is 10.5. The molecule has 0 N–H and O–H groups in total. The Morgan fingerprint density at radius 3 is 2.32 bits per heavy atom. The predicted molar refractivity (Wildman–Crippen MR) is 98.8 cm³/mol. The van der Waals surface area contributed by atoms with Crippen molar-refractivity contribution < 1.29 is 4.79 Å². The minimum atomic E-state index is 0.00296. The number of carbonyl (C=O) groups excluding carboxylic acids is 1. The summed E-state index contributed by atoms with van der Waals surface area (Å²) in [5.74, 6) is 1.06. The van der Waals surface area contributed by atoms with E-state index in [-0.39, 0.29) is 5.78 Å². The number of Topliss-reactive ketones (excluding diaryl/α,β-unsaturated/α-hetero) is 1. The number of benzene rings is 1. The highest BCUT2D eigenvalue weighted by atomic mass is 35.5. The molecule has 0 unspecified atom stereocenters. The maximum absolute atomic E-state index is 12.2. The first-order valence-electron chi connectivity index (χ1n) is 7.75. The molecule has 0 aliphatic carbocycles. The third-order valence-electron chi connectivity index (χ3n) is 3.35. The van der Waals surface area contributed by atoms with Crippen molar-refractivity contribution in [3.05, 3.63) is 27.7 Å². The normalized spacial score (nSPS) is 11.2. The van der Waals surface area contributed by atoms with Gasteiger partial charge in [-0.25, -0.2) is 0 Å². The van der Waals surface area contributed by atoms with Gasteiger partial charge in [-0.2, -0.15) is 0 Å². The molecule has 0 heterocycles. The fourth-order valence-corrected chi connectivity index (χ4v) is 3.88. The van der Waals surface area contributed by atoms with Crippen LogP contribution in [-0.2, 0) is 0 Å². The van der Waals surface area contributed by atoms with Crippen molar-refractivity contribution in [2.75, 3.05) is 26.4 Å². The van der Waals surface area contributed by atoms with Crippen LogP contribution in [0.5, 0.6) is 0 Å². The lowest BCUT2D eigenvalue weighted by Gasteiger charge is -2.11. The van der Waals surface area contributed by atoms with E-state index in [9.17, 15) is 4.79 Å². The van der Waals surface area contributed by atoms with Gasteiger partial charge in [0.15, 0.2) is 5.78 Å². The van der Waals surface area contributed by atoms with Crippen LogP contribution in [0.4, 0.5) is 0 Å². The number of hydrogen-bond donors (Lipinski definition) is 0. The number of hydrogen-bond acceptors (Lipinski definition) is 3. The van der Waals surface area contributed by atoms with Crippen molar-refractivity contribution in [1.29, 1.82) is 0 Å². The minimum Gasteiger partial charge on any atom is -0.309 e. The van der Waals surface area contributed by atoms with Gasteiger partial charge in [-0.3, -0.25) is 4.79 Å². The lowest BCUT2D eigenvalue weighted by molar-refractivity contribution is 0.0973. The van der Waals surface area contributed by atoms with Crippen LogP contribution in [0.1, 0.15) is 49.4 Å². The molecule has 0 amide bonds. The SMILES string of the molecule is CCCCCCSc1cc(Cl)c(C(=O)CCN(C)C)c(Cl)c1. The molecule has 0 atom stereocenters. The molecule has 5 heteroatoms. The van der Waals surface area contributed by atoms with E-state index in [0.717, 1.165) is 10.6 Å². The average Bonchev–Trinajstić information content (AvgIpc) is 2.44. The topological polar surface area (TPSA) is 20.3 Å². The highest BCUT2D eigenvalue weighted by Crippen LogP contribution is 2.32. The summed E-state index contributed by atoms with van der Waals surface area (Å²) in [4.78, 5) is 15.2. The highest BCUT2D eigenvalue weighted by Gasteiger charge is 2.16. The molecule has 1 rings (SSSR count). The number of ketones is 1. The summed E-state index contributed by atoms with van der Waals surface area (Å²) in [5, 5.41) is 0.930. The van der Waals surface area contributed by atoms with Crippen molar-refractivity contribution in [3.8, 4) is 0 Å². The molecule has 0 spiro atoms. The molecule has 0 aliphatic rings. The van der Waals surface area contributed by atoms with Crippen LogP contribution in [0.25, 0.3) is 0 Å². The van der Waals surface area contributed by atoms with Gasteiger partial charge in [0.05, 0.1) is 15.6 Å². The predicted octanol–water partition coefficient (Wildman–Crippen LogP) is 5.80. The number of thioether (sulfide) groups is 1. The Hall–Kier alpha value is -0.220. The fourth-order valence-electron chi connectivity index (χ4n) is 2.07. The van der Waals surface area contributed by atoms with Gasteiger partial charge in [-0.1, -0.05) is 49.4 Å². The van der Waals surface area contributed by atoms with E-state index in [1.54, 1.807) is 11.8 Å². The number of unbranched alkanes of at least 4 members (excludes halogenated alkanes) is 3. The zero-order valence-electron chi connectivity index (χ0n) is 13.6. The second-order valence-electron chi connectivity index (χ2n) is 5.65. The first-order valence-corrected chi connectivity index (χ1v) is 9.49. The van der Waals surface area contributed by atoms with Crippen LogP contribution >= 0.6 is 35.0 Å². The Balaban J connectivity index is 2.65. The third kappa shape index (κ3) is 6.91. The standard InChI is InChI=1S/C17H25Cl2NOS/c1-4-5-6-7-10-22-13-11-14(18)17(15(19)12-13)16(21)8-9-20(2)3/h11-12H,4-10H2,1-3H3. The summed E-state index contributed by atoms with van der Waals surface area (Å²) in [6.07, 6.45) is 5.40. The Morgan fingerprint density at radius 2 is 1.77 bits per heavy atom. The zero-order valence-corrected chi connectivity index (χ0v) is 16.0. The molecule has 22 heavy (non-hydrogen) atoms. The van der Waals surface area contributed by atoms with Gasteiger partial charge in [0.1, 0.15) is 0 Å². The monoisotopic (exact) mass is 361 g/mol. The third-order valence-corrected chi connectivity index (χ3v) is 5.01. The molecule has 124 valence electrons. The molecule has 0 saturated heterocycles. The first kappa shape index (κ1) is 19.8. The van der Waals surface area contributed by atoms with Crippen LogP contribution < -0.4 is 0 Å². The minimum absolute atomic E-state index is 0.00296. The van der Waals surface area contributed by atoms with Crippen molar-refractivity contribution in [1.82, 2.24) is 4.90 Å². The fraction of sp³-hybridized carbons (Fsp3) is 0.588. The number of halogens is 2. The van der Waals surface area contributed by atoms with Crippen LogP contribution in [0.3, 0.4) is 0 Å². The lowest BCUT2D eigenvalue weighted by Crippen LogP contribution is -2.17. The van der Waals surface area contributed by atoms with Crippen molar-refractivity contribution in [2.24, 2.45) is 0 Å². The van der Waals surface area contributed by atoms with E-state index < -0.39 is 0 Å². The van der Waals surface area contributed by atoms with Gasteiger partial charge in [0.25, 0.3) is 0 Å². The van der Waals surface area contributed by atoms with E-state index in [1.165, 1.54) is 25.7 Å². The zero-order chi connectivity index (χ0) is 16.5. The molecule has 0 aromatic heterocycles. The summed E-state index contributed by atoms with van der Waals surface area (Å²) >= 11 is 14.3. The van der Waals surface area contributed by atoms with E-state index >= 15 is 0 Å². The lowest BCUT2D eigenvalue weighted by atomic mass is 10.1. The van der Waals surface area contributed by atoms with Crippen LogP contribution in [0.15, 0.2) is 17.0 Å². The summed E-state index contributed by atoms with van der Waals surface area (Å²) < 4.78 is 0. The average molecular weight is 362 g/mol. The molecular formula is C17H25Cl2NOS. The summed E-state index contributed by atoms with van der Waals surface area (Å²) in [6.45, 7) is 2.90. The molecular weight excluding hydrogens is 337 g/mol.